The first kappa shape index (κ1) is 23.5. The van der Waals surface area contributed by atoms with E-state index in [4.69, 9.17) is 9.47 Å². The van der Waals surface area contributed by atoms with Crippen LogP contribution in [0, 0.1) is 0 Å². The van der Waals surface area contributed by atoms with Gasteiger partial charge in [0, 0.05) is 24.9 Å². The van der Waals surface area contributed by atoms with E-state index in [-0.39, 0.29) is 40.8 Å². The lowest BCUT2D eigenvalue weighted by Crippen LogP contribution is -2.45. The van der Waals surface area contributed by atoms with Gasteiger partial charge >= 0.3 is 0 Å². The Hall–Kier alpha value is -3.15. The van der Waals surface area contributed by atoms with E-state index in [0.29, 0.717) is 11.5 Å². The zero-order valence-corrected chi connectivity index (χ0v) is 18.8. The second-order valence-electron chi connectivity index (χ2n) is 7.17. The van der Waals surface area contributed by atoms with E-state index in [1.54, 1.807) is 43.3 Å². The molecule has 1 aliphatic rings. The number of aliphatic hydroxyl groups is 1. The summed E-state index contributed by atoms with van der Waals surface area (Å²) in [5, 5.41) is 13.8. The van der Waals surface area contributed by atoms with E-state index >= 15 is 0 Å². The number of rotatable bonds is 9. The lowest BCUT2D eigenvalue weighted by molar-refractivity contribution is 0.0928. The maximum atomic E-state index is 12.8. The number of carbonyl (C=O) groups is 1. The van der Waals surface area contributed by atoms with Crippen LogP contribution in [0.2, 0.25) is 0 Å². The summed E-state index contributed by atoms with van der Waals surface area (Å²) < 4.78 is 35.3. The number of hydrogen-bond acceptors (Lipinski definition) is 9. The van der Waals surface area contributed by atoms with Crippen LogP contribution >= 0.6 is 0 Å². The van der Waals surface area contributed by atoms with Gasteiger partial charge in [0.05, 0.1) is 18.6 Å². The fourth-order valence-corrected chi connectivity index (χ4v) is 3.60. The lowest BCUT2D eigenvalue weighted by Gasteiger charge is -2.18. The Morgan fingerprint density at radius 1 is 1.28 bits per heavy atom. The Balaban J connectivity index is 1.84. The van der Waals surface area contributed by atoms with Crippen molar-refractivity contribution >= 4 is 15.7 Å². The van der Waals surface area contributed by atoms with E-state index in [1.165, 1.54) is 24.4 Å². The molecule has 1 aromatic heterocycles. The van der Waals surface area contributed by atoms with Gasteiger partial charge in [-0.3, -0.25) is 4.79 Å². The molecule has 10 nitrogen and oxygen atoms in total. The first-order valence-corrected chi connectivity index (χ1v) is 11.6. The summed E-state index contributed by atoms with van der Waals surface area (Å²) in [7, 11) is -1.61. The molecule has 3 rings (SSSR count). The average molecular weight is 463 g/mol. The summed E-state index contributed by atoms with van der Waals surface area (Å²) >= 11 is 0. The molecular formula is C21H26N4O6S. The highest BCUT2D eigenvalue weighted by Crippen LogP contribution is 2.28. The number of amides is 1. The van der Waals surface area contributed by atoms with Crippen molar-refractivity contribution < 1.29 is 27.8 Å². The molecule has 0 fully saturated rings. The Labute approximate surface area is 186 Å². The summed E-state index contributed by atoms with van der Waals surface area (Å²) in [5.74, 6) is 0.497. The van der Waals surface area contributed by atoms with Crippen LogP contribution in [0.25, 0.3) is 0 Å². The summed E-state index contributed by atoms with van der Waals surface area (Å²) in [5.41, 5.74) is 3.31. The van der Waals surface area contributed by atoms with Crippen LogP contribution in [-0.4, -0.2) is 61.1 Å². The predicted molar refractivity (Wildman–Crippen MR) is 117 cm³/mol. The highest BCUT2D eigenvalue weighted by Gasteiger charge is 2.18. The van der Waals surface area contributed by atoms with E-state index < -0.39 is 15.9 Å². The van der Waals surface area contributed by atoms with Crippen LogP contribution in [0.3, 0.4) is 0 Å². The van der Waals surface area contributed by atoms with Crippen LogP contribution in [-0.2, 0) is 9.84 Å². The van der Waals surface area contributed by atoms with Gasteiger partial charge in [-0.2, -0.15) is 0 Å². The van der Waals surface area contributed by atoms with Gasteiger partial charge in [-0.15, -0.1) is 0 Å². The molecule has 0 bridgehead atoms. The van der Waals surface area contributed by atoms with Gasteiger partial charge in [-0.25, -0.2) is 18.8 Å². The lowest BCUT2D eigenvalue weighted by atomic mass is 10.1. The summed E-state index contributed by atoms with van der Waals surface area (Å²) in [6.07, 6.45) is 4.03. The van der Waals surface area contributed by atoms with Crippen LogP contribution in [0.4, 0.5) is 0 Å². The van der Waals surface area contributed by atoms with Crippen LogP contribution in [0.5, 0.6) is 17.2 Å². The molecule has 0 aliphatic carbocycles. The zero-order chi connectivity index (χ0) is 23.3. The third-order valence-corrected chi connectivity index (χ3v) is 6.15. The minimum atomic E-state index is -3.42. The quantitative estimate of drug-likeness (QED) is 0.507. The number of carbonyl (C=O) groups excluding carboxylic acids is 1. The van der Waals surface area contributed by atoms with Gasteiger partial charge in [-0.1, -0.05) is 6.92 Å². The third kappa shape index (κ3) is 5.96. The molecule has 2 heterocycles. The van der Waals surface area contributed by atoms with Crippen molar-refractivity contribution in [3.8, 4) is 17.2 Å². The molecule has 1 amide bonds. The minimum Gasteiger partial charge on any atom is -0.488 e. The van der Waals surface area contributed by atoms with E-state index in [2.05, 4.69) is 15.7 Å². The van der Waals surface area contributed by atoms with Crippen molar-refractivity contribution in [2.75, 3.05) is 19.4 Å². The van der Waals surface area contributed by atoms with Crippen molar-refractivity contribution in [3.05, 3.63) is 54.4 Å². The summed E-state index contributed by atoms with van der Waals surface area (Å²) in [6, 6.07) is 7.50. The smallest absolute Gasteiger partial charge is 0.253 e. The van der Waals surface area contributed by atoms with Crippen molar-refractivity contribution in [3.63, 3.8) is 0 Å². The second kappa shape index (κ2) is 9.98. The molecule has 2 unspecified atom stereocenters. The number of hydrogen-bond donors (Lipinski definition) is 3. The van der Waals surface area contributed by atoms with Crippen LogP contribution < -0.4 is 20.2 Å². The SMILES string of the molecule is CCS(=O)(=O)c1ccc(Oc2cc(OC(C)CO)cc(C(=O)NC3C=CN(C)N3)c2)cn1. The first-order chi connectivity index (χ1) is 15.2. The zero-order valence-electron chi connectivity index (χ0n) is 18.0. The molecule has 11 heteroatoms. The van der Waals surface area contributed by atoms with Crippen molar-refractivity contribution in [2.24, 2.45) is 0 Å². The highest BCUT2D eigenvalue weighted by molar-refractivity contribution is 7.91. The highest BCUT2D eigenvalue weighted by atomic mass is 32.2. The molecule has 2 atom stereocenters. The molecular weight excluding hydrogens is 436 g/mol. The van der Waals surface area contributed by atoms with Gasteiger partial charge in [0.25, 0.3) is 5.91 Å². The molecule has 0 spiro atoms. The number of aromatic nitrogens is 1. The fourth-order valence-electron chi connectivity index (χ4n) is 2.82. The molecule has 172 valence electrons. The van der Waals surface area contributed by atoms with Crippen molar-refractivity contribution in [1.82, 2.24) is 20.7 Å². The molecule has 0 saturated carbocycles. The Morgan fingerprint density at radius 2 is 2.03 bits per heavy atom. The first-order valence-electron chi connectivity index (χ1n) is 9.97. The van der Waals surface area contributed by atoms with Crippen LogP contribution in [0.15, 0.2) is 53.8 Å². The van der Waals surface area contributed by atoms with Gasteiger partial charge in [0.2, 0.25) is 0 Å². The summed E-state index contributed by atoms with van der Waals surface area (Å²) in [6.45, 7) is 3.03. The number of hydrazine groups is 1. The van der Waals surface area contributed by atoms with Gasteiger partial charge in [-0.05, 0) is 37.3 Å². The minimum absolute atomic E-state index is 0.0386. The number of ether oxygens (including phenoxy) is 2. The van der Waals surface area contributed by atoms with E-state index in [9.17, 15) is 18.3 Å². The van der Waals surface area contributed by atoms with Crippen molar-refractivity contribution in [1.29, 1.82) is 0 Å². The van der Waals surface area contributed by atoms with E-state index in [1.807, 2.05) is 7.05 Å². The monoisotopic (exact) mass is 462 g/mol. The largest absolute Gasteiger partial charge is 0.488 e. The predicted octanol–water partition coefficient (Wildman–Crippen LogP) is 1.45. The number of pyridine rings is 1. The summed E-state index contributed by atoms with van der Waals surface area (Å²) in [4.78, 5) is 16.7. The van der Waals surface area contributed by atoms with Gasteiger partial charge < -0.3 is 24.9 Å². The number of nitrogens with zero attached hydrogens (tertiary/aromatic N) is 2. The normalized spacial score (nSPS) is 16.6. The molecule has 1 aliphatic heterocycles. The topological polar surface area (TPSA) is 130 Å². The average Bonchev–Trinajstić information content (AvgIpc) is 3.18. The standard InChI is InChI=1S/C21H26N4O6S/c1-4-32(28,29)20-6-5-16(12-22-20)31-18-10-15(9-17(11-18)30-14(2)13-26)21(27)23-19-7-8-25(3)24-19/h5-12,14,19,24,26H,4,13H2,1-3H3,(H,23,27). The number of aliphatic hydroxyl groups excluding tert-OH is 1. The molecule has 32 heavy (non-hydrogen) atoms. The molecule has 1 aromatic carbocycles. The molecule has 2 aromatic rings. The molecule has 0 radical (unpaired) electrons. The van der Waals surface area contributed by atoms with E-state index in [0.717, 1.165) is 0 Å². The van der Waals surface area contributed by atoms with Crippen molar-refractivity contribution in [2.45, 2.75) is 31.1 Å². The fraction of sp³-hybridized carbons (Fsp3) is 0.333. The third-order valence-electron chi connectivity index (χ3n) is 4.51. The van der Waals surface area contributed by atoms with Gasteiger partial charge in [0.15, 0.2) is 14.9 Å². The number of benzene rings is 1. The number of sulfone groups is 1. The maximum absolute atomic E-state index is 12.8. The van der Waals surface area contributed by atoms with Crippen LogP contribution in [0.1, 0.15) is 24.2 Å². The Morgan fingerprint density at radius 3 is 2.62 bits per heavy atom. The second-order valence-corrected chi connectivity index (χ2v) is 9.40. The van der Waals surface area contributed by atoms with Gasteiger partial charge in [0.1, 0.15) is 29.5 Å². The Bertz CT molecular complexity index is 1090. The Kier molecular flexibility index (Phi) is 7.33. The molecule has 3 N–H and O–H groups in total. The number of nitrogens with one attached hydrogen (secondary N) is 2. The molecule has 0 saturated heterocycles. The maximum Gasteiger partial charge on any atom is 0.253 e.